The second-order valence-electron chi connectivity index (χ2n) is 6.16. The van der Waals surface area contributed by atoms with E-state index in [9.17, 15) is 14.4 Å². The first-order chi connectivity index (χ1) is 14.0. The Morgan fingerprint density at radius 3 is 2.48 bits per heavy atom. The molecular weight excluding hydrogens is 376 g/mol. The summed E-state index contributed by atoms with van der Waals surface area (Å²) in [6.45, 7) is 2.65. The van der Waals surface area contributed by atoms with Gasteiger partial charge in [-0.1, -0.05) is 6.07 Å². The average Bonchev–Trinajstić information content (AvgIpc) is 3.36. The first-order valence-electron chi connectivity index (χ1n) is 8.95. The monoisotopic (exact) mass is 396 g/mol. The molecule has 0 saturated heterocycles. The van der Waals surface area contributed by atoms with E-state index in [2.05, 4.69) is 20.8 Å². The number of carbonyl (C=O) groups is 3. The van der Waals surface area contributed by atoms with Crippen molar-refractivity contribution < 1.29 is 19.5 Å². The van der Waals surface area contributed by atoms with Crippen LogP contribution in [0.4, 0.5) is 11.4 Å². The van der Waals surface area contributed by atoms with Gasteiger partial charge in [0.25, 0.3) is 11.8 Å². The van der Waals surface area contributed by atoms with Gasteiger partial charge in [-0.3, -0.25) is 23.7 Å². The summed E-state index contributed by atoms with van der Waals surface area (Å²) < 4.78 is 2.99. The lowest BCUT2D eigenvalue weighted by molar-refractivity contribution is -0.137. The molecule has 3 aromatic rings. The third kappa shape index (κ3) is 5.06. The lowest BCUT2D eigenvalue weighted by Crippen LogP contribution is -2.17. The van der Waals surface area contributed by atoms with Crippen molar-refractivity contribution in [2.24, 2.45) is 0 Å². The molecule has 29 heavy (non-hydrogen) atoms. The largest absolute Gasteiger partial charge is 0.481 e. The van der Waals surface area contributed by atoms with Gasteiger partial charge in [-0.2, -0.15) is 10.2 Å². The minimum atomic E-state index is -0.938. The van der Waals surface area contributed by atoms with E-state index in [1.54, 1.807) is 41.2 Å². The Kier molecular flexibility index (Phi) is 6.03. The Morgan fingerprint density at radius 2 is 1.79 bits per heavy atom. The van der Waals surface area contributed by atoms with Gasteiger partial charge in [0.1, 0.15) is 5.69 Å². The van der Waals surface area contributed by atoms with Crippen molar-refractivity contribution in [1.82, 2.24) is 19.6 Å². The zero-order valence-electron chi connectivity index (χ0n) is 15.7. The highest BCUT2D eigenvalue weighted by atomic mass is 16.4. The highest BCUT2D eigenvalue weighted by Crippen LogP contribution is 2.17. The molecule has 0 radical (unpaired) electrons. The van der Waals surface area contributed by atoms with Crippen molar-refractivity contribution in [2.45, 2.75) is 26.4 Å². The van der Waals surface area contributed by atoms with Crippen LogP contribution in [0.25, 0.3) is 0 Å². The van der Waals surface area contributed by atoms with E-state index in [4.69, 9.17) is 5.11 Å². The molecule has 0 saturated carbocycles. The molecule has 150 valence electrons. The molecule has 0 bridgehead atoms. The third-order valence-corrected chi connectivity index (χ3v) is 4.08. The van der Waals surface area contributed by atoms with Crippen LogP contribution in [0.15, 0.2) is 48.9 Å². The van der Waals surface area contributed by atoms with Gasteiger partial charge in [-0.15, -0.1) is 0 Å². The first-order valence-corrected chi connectivity index (χ1v) is 8.95. The van der Waals surface area contributed by atoms with Gasteiger partial charge in [0, 0.05) is 30.3 Å². The fourth-order valence-corrected chi connectivity index (χ4v) is 2.66. The van der Waals surface area contributed by atoms with Crippen LogP contribution in [0.3, 0.4) is 0 Å². The van der Waals surface area contributed by atoms with Crippen LogP contribution >= 0.6 is 0 Å². The number of aromatic nitrogens is 4. The summed E-state index contributed by atoms with van der Waals surface area (Å²) >= 11 is 0. The van der Waals surface area contributed by atoms with Crippen LogP contribution in [0.2, 0.25) is 0 Å². The summed E-state index contributed by atoms with van der Waals surface area (Å²) in [7, 11) is 0. The number of hydrogen-bond donors (Lipinski definition) is 3. The van der Waals surface area contributed by atoms with Crippen molar-refractivity contribution in [3.05, 3.63) is 60.2 Å². The molecule has 2 heterocycles. The minimum absolute atomic E-state index is 0.0819. The van der Waals surface area contributed by atoms with E-state index >= 15 is 0 Å². The van der Waals surface area contributed by atoms with E-state index in [1.165, 1.54) is 17.1 Å². The molecule has 0 fully saturated rings. The molecule has 1 aromatic carbocycles. The number of nitrogens with zero attached hydrogens (tertiary/aromatic N) is 4. The van der Waals surface area contributed by atoms with Gasteiger partial charge >= 0.3 is 5.97 Å². The molecule has 0 unspecified atom stereocenters. The standard InChI is InChI=1S/C19H20N6O4/c1-2-25-16(6-8-20-25)19(29)23-15-5-3-4-14(10-15)22-18(28)13-11-21-24(12-13)9-7-17(26)27/h3-6,8,10-12H,2,7,9H2,1H3,(H,22,28)(H,23,29)(H,26,27). The molecule has 2 aromatic heterocycles. The normalized spacial score (nSPS) is 10.5. The maximum atomic E-state index is 12.4. The third-order valence-electron chi connectivity index (χ3n) is 4.08. The van der Waals surface area contributed by atoms with E-state index in [-0.39, 0.29) is 24.8 Å². The smallest absolute Gasteiger partial charge is 0.305 e. The number of aryl methyl sites for hydroxylation is 2. The first kappa shape index (κ1) is 19.8. The fourth-order valence-electron chi connectivity index (χ4n) is 2.66. The summed E-state index contributed by atoms with van der Waals surface area (Å²) in [5.74, 6) is -1.63. The predicted molar refractivity (Wildman–Crippen MR) is 105 cm³/mol. The Bertz CT molecular complexity index is 1040. The second-order valence-corrected chi connectivity index (χ2v) is 6.16. The number of nitrogens with one attached hydrogen (secondary N) is 2. The average molecular weight is 396 g/mol. The molecule has 0 spiro atoms. The lowest BCUT2D eigenvalue weighted by atomic mass is 10.2. The van der Waals surface area contributed by atoms with Crippen molar-refractivity contribution in [3.8, 4) is 0 Å². The van der Waals surface area contributed by atoms with Crippen molar-refractivity contribution in [2.75, 3.05) is 10.6 Å². The molecule has 0 aliphatic rings. The number of aliphatic carboxylic acids is 1. The van der Waals surface area contributed by atoms with Crippen LogP contribution in [0, 0.1) is 0 Å². The number of amides is 2. The topological polar surface area (TPSA) is 131 Å². The van der Waals surface area contributed by atoms with Crippen LogP contribution < -0.4 is 10.6 Å². The zero-order valence-corrected chi connectivity index (χ0v) is 15.7. The number of hydrogen-bond acceptors (Lipinski definition) is 5. The molecular formula is C19H20N6O4. The Balaban J connectivity index is 1.64. The highest BCUT2D eigenvalue weighted by Gasteiger charge is 2.13. The van der Waals surface area contributed by atoms with Crippen LogP contribution in [0.5, 0.6) is 0 Å². The minimum Gasteiger partial charge on any atom is -0.481 e. The molecule has 0 aliphatic heterocycles. The Labute approximate surface area is 166 Å². The zero-order chi connectivity index (χ0) is 20.8. The molecule has 0 atom stereocenters. The van der Waals surface area contributed by atoms with Gasteiger partial charge in [0.15, 0.2) is 0 Å². The maximum absolute atomic E-state index is 12.4. The van der Waals surface area contributed by atoms with Gasteiger partial charge in [0.05, 0.1) is 24.7 Å². The van der Waals surface area contributed by atoms with E-state index < -0.39 is 5.97 Å². The van der Waals surface area contributed by atoms with Crippen molar-refractivity contribution in [1.29, 1.82) is 0 Å². The van der Waals surface area contributed by atoms with E-state index in [0.29, 0.717) is 29.2 Å². The number of carbonyl (C=O) groups excluding carboxylic acids is 2. The molecule has 10 heteroatoms. The second kappa shape index (κ2) is 8.83. The molecule has 3 N–H and O–H groups in total. The van der Waals surface area contributed by atoms with Gasteiger partial charge < -0.3 is 15.7 Å². The molecule has 0 aliphatic carbocycles. The molecule has 2 amide bonds. The van der Waals surface area contributed by atoms with Gasteiger partial charge in [-0.25, -0.2) is 0 Å². The number of carboxylic acids is 1. The quantitative estimate of drug-likeness (QED) is 0.534. The SMILES string of the molecule is CCn1nccc1C(=O)Nc1cccc(NC(=O)c2cnn(CCC(=O)O)c2)c1. The van der Waals surface area contributed by atoms with E-state index in [0.717, 1.165) is 0 Å². The Hall–Kier alpha value is -3.95. The van der Waals surface area contributed by atoms with E-state index in [1.807, 2.05) is 6.92 Å². The summed E-state index contributed by atoms with van der Waals surface area (Å²) in [5.41, 5.74) is 1.76. The summed E-state index contributed by atoms with van der Waals surface area (Å²) in [4.78, 5) is 35.4. The number of carboxylic acid groups (broad SMARTS) is 1. The maximum Gasteiger partial charge on any atom is 0.305 e. The number of anilines is 2. The molecule has 10 nitrogen and oxygen atoms in total. The summed E-state index contributed by atoms with van der Waals surface area (Å²) in [6, 6.07) is 8.38. The molecule has 3 rings (SSSR count). The lowest BCUT2D eigenvalue weighted by Gasteiger charge is -2.09. The number of rotatable bonds is 8. The van der Waals surface area contributed by atoms with Gasteiger partial charge in [-0.05, 0) is 31.2 Å². The summed E-state index contributed by atoms with van der Waals surface area (Å²) in [5, 5.41) is 22.3. The fraction of sp³-hybridized carbons (Fsp3) is 0.211. The van der Waals surface area contributed by atoms with Crippen LogP contribution in [-0.2, 0) is 17.9 Å². The van der Waals surface area contributed by atoms with Crippen molar-refractivity contribution >= 4 is 29.2 Å². The van der Waals surface area contributed by atoms with Crippen molar-refractivity contribution in [3.63, 3.8) is 0 Å². The van der Waals surface area contributed by atoms with Gasteiger partial charge in [0.2, 0.25) is 0 Å². The predicted octanol–water partition coefficient (Wildman–Crippen LogP) is 2.08. The van der Waals surface area contributed by atoms with Crippen LogP contribution in [-0.4, -0.2) is 42.5 Å². The summed E-state index contributed by atoms with van der Waals surface area (Å²) in [6.07, 6.45) is 4.33. The number of benzene rings is 1. The Morgan fingerprint density at radius 1 is 1.07 bits per heavy atom. The highest BCUT2D eigenvalue weighted by molar-refractivity contribution is 6.05. The van der Waals surface area contributed by atoms with Crippen LogP contribution in [0.1, 0.15) is 34.2 Å².